The molecule has 3 rings (SSSR count). The Labute approximate surface area is 164 Å². The van der Waals surface area contributed by atoms with Crippen molar-refractivity contribution in [1.29, 1.82) is 0 Å². The highest BCUT2D eigenvalue weighted by Crippen LogP contribution is 2.29. The van der Waals surface area contributed by atoms with E-state index in [2.05, 4.69) is 5.32 Å². The minimum Gasteiger partial charge on any atom is -0.455 e. The number of carbonyl (C=O) groups is 2. The molecule has 5 nitrogen and oxygen atoms in total. The average molecular weight is 374 g/mol. The van der Waals surface area contributed by atoms with Gasteiger partial charge in [0.25, 0.3) is 0 Å². The smallest absolute Gasteiger partial charge is 0.316 e. The Morgan fingerprint density at radius 2 is 1.64 bits per heavy atom. The summed E-state index contributed by atoms with van der Waals surface area (Å²) in [4.78, 5) is 26.8. The summed E-state index contributed by atoms with van der Waals surface area (Å²) in [6.07, 6.45) is 0. The predicted octanol–water partition coefficient (Wildman–Crippen LogP) is 4.78. The summed E-state index contributed by atoms with van der Waals surface area (Å²) < 4.78 is 5.84. The fourth-order valence-corrected chi connectivity index (χ4v) is 2.81. The summed E-state index contributed by atoms with van der Waals surface area (Å²) in [5.74, 6) is -0.228. The third-order valence-corrected chi connectivity index (χ3v) is 4.18. The van der Waals surface area contributed by atoms with E-state index in [1.165, 1.54) is 4.90 Å². The first-order valence-corrected chi connectivity index (χ1v) is 9.10. The molecule has 0 saturated heterocycles. The van der Waals surface area contributed by atoms with Crippen LogP contribution in [0.1, 0.15) is 12.5 Å². The SMILES string of the molecule is CCN(C(=O)C(=O)Nc1ccccc1Oc1ccccc1)c1cccc(C)c1. The zero-order valence-electron chi connectivity index (χ0n) is 15.9. The number of ether oxygens (including phenoxy) is 1. The molecule has 0 bridgehead atoms. The Morgan fingerprint density at radius 1 is 0.929 bits per heavy atom. The van der Waals surface area contributed by atoms with Gasteiger partial charge in [-0.15, -0.1) is 0 Å². The lowest BCUT2D eigenvalue weighted by atomic mass is 10.2. The number of amides is 2. The Balaban J connectivity index is 1.78. The van der Waals surface area contributed by atoms with Crippen molar-refractivity contribution in [3.63, 3.8) is 0 Å². The number of nitrogens with one attached hydrogen (secondary N) is 1. The van der Waals surface area contributed by atoms with Crippen molar-refractivity contribution in [1.82, 2.24) is 0 Å². The Kier molecular flexibility index (Phi) is 6.07. The fraction of sp³-hybridized carbons (Fsp3) is 0.130. The van der Waals surface area contributed by atoms with Crippen LogP contribution in [0, 0.1) is 6.92 Å². The van der Waals surface area contributed by atoms with E-state index in [0.717, 1.165) is 5.56 Å². The number of benzene rings is 3. The Bertz CT molecular complexity index is 970. The van der Waals surface area contributed by atoms with Crippen molar-refractivity contribution in [3.8, 4) is 11.5 Å². The standard InChI is InChI=1S/C23H22N2O3/c1-3-25(18-11-9-10-17(2)16-18)23(27)22(26)24-20-14-7-8-15-21(20)28-19-12-5-4-6-13-19/h4-16H,3H2,1-2H3,(H,24,26). The van der Waals surface area contributed by atoms with Gasteiger partial charge in [-0.3, -0.25) is 9.59 Å². The molecule has 28 heavy (non-hydrogen) atoms. The second kappa shape index (κ2) is 8.86. The van der Waals surface area contributed by atoms with E-state index >= 15 is 0 Å². The van der Waals surface area contributed by atoms with Crippen molar-refractivity contribution in [2.24, 2.45) is 0 Å². The normalized spacial score (nSPS) is 10.2. The van der Waals surface area contributed by atoms with Crippen LogP contribution in [0.15, 0.2) is 78.9 Å². The van der Waals surface area contributed by atoms with Crippen LogP contribution in [0.3, 0.4) is 0 Å². The van der Waals surface area contributed by atoms with Gasteiger partial charge < -0.3 is 15.0 Å². The van der Waals surface area contributed by atoms with Crippen LogP contribution >= 0.6 is 0 Å². The number of likely N-dealkylation sites (N-methyl/N-ethyl adjacent to an activating group) is 1. The molecular weight excluding hydrogens is 352 g/mol. The maximum atomic E-state index is 12.7. The van der Waals surface area contributed by atoms with Gasteiger partial charge in [0.1, 0.15) is 5.75 Å². The number of nitrogens with zero attached hydrogens (tertiary/aromatic N) is 1. The quantitative estimate of drug-likeness (QED) is 0.654. The molecule has 0 aliphatic carbocycles. The summed E-state index contributed by atoms with van der Waals surface area (Å²) in [7, 11) is 0. The molecular formula is C23H22N2O3. The number of aryl methyl sites for hydroxylation is 1. The lowest BCUT2D eigenvalue weighted by molar-refractivity contribution is -0.134. The summed E-state index contributed by atoms with van der Waals surface area (Å²) in [5.41, 5.74) is 2.15. The number of hydrogen-bond acceptors (Lipinski definition) is 3. The molecule has 0 fully saturated rings. The molecule has 0 atom stereocenters. The number of carbonyl (C=O) groups excluding carboxylic acids is 2. The van der Waals surface area contributed by atoms with E-state index in [0.29, 0.717) is 29.4 Å². The zero-order chi connectivity index (χ0) is 19.9. The van der Waals surface area contributed by atoms with Crippen molar-refractivity contribution in [2.45, 2.75) is 13.8 Å². The van der Waals surface area contributed by atoms with Gasteiger partial charge in [-0.2, -0.15) is 0 Å². The van der Waals surface area contributed by atoms with E-state index in [1.807, 2.05) is 68.4 Å². The third-order valence-electron chi connectivity index (χ3n) is 4.18. The molecule has 1 N–H and O–H groups in total. The molecule has 3 aromatic carbocycles. The molecule has 2 amide bonds. The average Bonchev–Trinajstić information content (AvgIpc) is 2.71. The van der Waals surface area contributed by atoms with Gasteiger partial charge in [0.05, 0.1) is 5.69 Å². The van der Waals surface area contributed by atoms with Gasteiger partial charge in [-0.25, -0.2) is 0 Å². The van der Waals surface area contributed by atoms with Crippen LogP contribution in [0.2, 0.25) is 0 Å². The van der Waals surface area contributed by atoms with Crippen LogP contribution in [0.4, 0.5) is 11.4 Å². The highest BCUT2D eigenvalue weighted by Gasteiger charge is 2.23. The van der Waals surface area contributed by atoms with Gasteiger partial charge >= 0.3 is 11.8 Å². The molecule has 0 heterocycles. The molecule has 142 valence electrons. The molecule has 5 heteroatoms. The minimum absolute atomic E-state index is 0.387. The zero-order valence-corrected chi connectivity index (χ0v) is 15.9. The fourth-order valence-electron chi connectivity index (χ4n) is 2.81. The summed E-state index contributed by atoms with van der Waals surface area (Å²) in [5, 5.41) is 2.67. The second-order valence-electron chi connectivity index (χ2n) is 6.25. The Hall–Kier alpha value is -3.60. The summed E-state index contributed by atoms with van der Waals surface area (Å²) >= 11 is 0. The maximum Gasteiger partial charge on any atom is 0.316 e. The van der Waals surface area contributed by atoms with Crippen molar-refractivity contribution in [2.75, 3.05) is 16.8 Å². The van der Waals surface area contributed by atoms with Crippen LogP contribution in [-0.2, 0) is 9.59 Å². The topological polar surface area (TPSA) is 58.6 Å². The first kappa shape index (κ1) is 19.2. The second-order valence-corrected chi connectivity index (χ2v) is 6.25. The van der Waals surface area contributed by atoms with Crippen LogP contribution < -0.4 is 15.0 Å². The summed E-state index contributed by atoms with van der Waals surface area (Å²) in [6.45, 7) is 4.16. The van der Waals surface area contributed by atoms with Crippen molar-refractivity contribution >= 4 is 23.2 Å². The number of hydrogen-bond donors (Lipinski definition) is 1. The largest absolute Gasteiger partial charge is 0.455 e. The molecule has 0 radical (unpaired) electrons. The molecule has 0 aliphatic rings. The van der Waals surface area contributed by atoms with E-state index in [9.17, 15) is 9.59 Å². The van der Waals surface area contributed by atoms with E-state index < -0.39 is 11.8 Å². The summed E-state index contributed by atoms with van der Waals surface area (Å²) in [6, 6.07) is 23.8. The number of rotatable bonds is 5. The first-order valence-electron chi connectivity index (χ1n) is 9.10. The monoisotopic (exact) mass is 374 g/mol. The molecule has 0 spiro atoms. The van der Waals surface area contributed by atoms with Gasteiger partial charge in [-0.05, 0) is 55.8 Å². The van der Waals surface area contributed by atoms with E-state index in [4.69, 9.17) is 4.74 Å². The maximum absolute atomic E-state index is 12.7. The van der Waals surface area contributed by atoms with E-state index in [1.54, 1.807) is 24.3 Å². The van der Waals surface area contributed by atoms with Crippen LogP contribution in [0.25, 0.3) is 0 Å². The van der Waals surface area contributed by atoms with Gasteiger partial charge in [0, 0.05) is 12.2 Å². The molecule has 0 saturated carbocycles. The van der Waals surface area contributed by atoms with Gasteiger partial charge in [-0.1, -0.05) is 42.5 Å². The third kappa shape index (κ3) is 4.57. The highest BCUT2D eigenvalue weighted by atomic mass is 16.5. The molecule has 0 unspecified atom stereocenters. The van der Waals surface area contributed by atoms with Crippen LogP contribution in [-0.4, -0.2) is 18.4 Å². The van der Waals surface area contributed by atoms with Crippen molar-refractivity contribution < 1.29 is 14.3 Å². The molecule has 0 aromatic heterocycles. The van der Waals surface area contributed by atoms with Crippen LogP contribution in [0.5, 0.6) is 11.5 Å². The van der Waals surface area contributed by atoms with Gasteiger partial charge in [0.2, 0.25) is 0 Å². The van der Waals surface area contributed by atoms with Crippen molar-refractivity contribution in [3.05, 3.63) is 84.4 Å². The minimum atomic E-state index is -0.715. The highest BCUT2D eigenvalue weighted by molar-refractivity contribution is 6.44. The van der Waals surface area contributed by atoms with Gasteiger partial charge in [0.15, 0.2) is 5.75 Å². The first-order chi connectivity index (χ1) is 13.6. The molecule has 0 aliphatic heterocycles. The molecule has 3 aromatic rings. The lowest BCUT2D eigenvalue weighted by Crippen LogP contribution is -2.39. The Morgan fingerprint density at radius 3 is 2.36 bits per heavy atom. The number of anilines is 2. The van der Waals surface area contributed by atoms with E-state index in [-0.39, 0.29) is 0 Å². The predicted molar refractivity (Wildman–Crippen MR) is 111 cm³/mol. The lowest BCUT2D eigenvalue weighted by Gasteiger charge is -2.21. The number of para-hydroxylation sites is 3.